The molecular formula is C44H55N5OS. The predicted octanol–water partition coefficient (Wildman–Crippen LogP) is 9.58. The third-order valence-electron chi connectivity index (χ3n) is 11.6. The number of oxazole rings is 1. The summed E-state index contributed by atoms with van der Waals surface area (Å²) in [6.07, 6.45) is 6.79. The molecule has 1 unspecified atom stereocenters. The van der Waals surface area contributed by atoms with Crippen molar-refractivity contribution in [2.45, 2.75) is 76.9 Å². The van der Waals surface area contributed by atoms with E-state index < -0.39 is 0 Å². The molecule has 7 heteroatoms. The Hall–Kier alpha value is -3.91. The van der Waals surface area contributed by atoms with E-state index in [0.29, 0.717) is 11.8 Å². The van der Waals surface area contributed by atoms with E-state index in [-0.39, 0.29) is 11.5 Å². The van der Waals surface area contributed by atoms with Crippen molar-refractivity contribution >= 4 is 22.9 Å². The van der Waals surface area contributed by atoms with E-state index in [1.165, 1.54) is 47.3 Å². The number of nitrogens with zero attached hydrogens (tertiary/aromatic N) is 4. The fourth-order valence-corrected chi connectivity index (χ4v) is 9.61. The number of benzene rings is 3. The van der Waals surface area contributed by atoms with Gasteiger partial charge in [0, 0.05) is 68.7 Å². The van der Waals surface area contributed by atoms with E-state index in [1.54, 1.807) is 0 Å². The van der Waals surface area contributed by atoms with Gasteiger partial charge in [-0.2, -0.15) is 0 Å². The molecule has 2 aliphatic rings. The first kappa shape index (κ1) is 35.5. The maximum absolute atomic E-state index is 6.98. The van der Waals surface area contributed by atoms with Crippen LogP contribution in [-0.4, -0.2) is 48.0 Å². The normalized spacial score (nSPS) is 19.6. The molecule has 0 spiro atoms. The lowest BCUT2D eigenvalue weighted by Gasteiger charge is -2.42. The Labute approximate surface area is 309 Å². The summed E-state index contributed by atoms with van der Waals surface area (Å²) in [4.78, 5) is 14.3. The molecule has 5 aromatic rings. The molecule has 2 aromatic heterocycles. The standard InChI is InChI=1S/C44H55N5OS/c1-44(2,41-38(45)23-28-51-41)37-21-19-34(20-22-37)30-40(49-26-24-48(25-27-49)32-36-17-11-6-12-18-36)42-46-39(29-33-13-7-4-8-14-33)43(50-42)47(3)31-35-15-9-5-10-16-35/h4-18,23,28,34,37,40H,19-22,24-27,29-32,45H2,1-3H3. The lowest BCUT2D eigenvalue weighted by atomic mass is 9.67. The average Bonchev–Trinajstić information content (AvgIpc) is 3.79. The van der Waals surface area contributed by atoms with Crippen LogP contribution in [0.15, 0.2) is 107 Å². The Morgan fingerprint density at radius 3 is 2.04 bits per heavy atom. The number of thiophene rings is 1. The van der Waals surface area contributed by atoms with Crippen molar-refractivity contribution in [3.05, 3.63) is 136 Å². The van der Waals surface area contributed by atoms with Crippen molar-refractivity contribution < 1.29 is 4.42 Å². The summed E-state index contributed by atoms with van der Waals surface area (Å²) in [6.45, 7) is 10.7. The molecule has 1 saturated carbocycles. The topological polar surface area (TPSA) is 61.8 Å². The van der Waals surface area contributed by atoms with Crippen LogP contribution in [0.5, 0.6) is 0 Å². The van der Waals surface area contributed by atoms with Gasteiger partial charge in [-0.05, 0) is 59.2 Å². The molecule has 6 nitrogen and oxygen atoms in total. The Balaban J connectivity index is 1.13. The second-order valence-electron chi connectivity index (χ2n) is 15.5. The Morgan fingerprint density at radius 2 is 1.43 bits per heavy atom. The number of hydrogen-bond donors (Lipinski definition) is 1. The Morgan fingerprint density at radius 1 is 0.824 bits per heavy atom. The van der Waals surface area contributed by atoms with E-state index in [2.05, 4.69) is 138 Å². The number of nitrogens with two attached hydrogens (primary N) is 1. The van der Waals surface area contributed by atoms with Crippen LogP contribution in [0.1, 0.15) is 85.1 Å². The molecule has 1 saturated heterocycles. The lowest BCUT2D eigenvalue weighted by Crippen LogP contribution is -2.47. The summed E-state index contributed by atoms with van der Waals surface area (Å²) in [5, 5.41) is 2.15. The molecule has 0 bridgehead atoms. The number of piperazine rings is 1. The summed E-state index contributed by atoms with van der Waals surface area (Å²) in [7, 11) is 2.15. The summed E-state index contributed by atoms with van der Waals surface area (Å²) in [5.41, 5.74) is 12.4. The first-order chi connectivity index (χ1) is 24.8. The van der Waals surface area contributed by atoms with Crippen molar-refractivity contribution in [1.29, 1.82) is 0 Å². The number of aromatic nitrogens is 1. The summed E-state index contributed by atoms with van der Waals surface area (Å²) >= 11 is 1.82. The van der Waals surface area contributed by atoms with Crippen LogP contribution in [0.3, 0.4) is 0 Å². The smallest absolute Gasteiger partial charge is 0.220 e. The summed E-state index contributed by atoms with van der Waals surface area (Å²) in [6, 6.07) is 34.5. The first-order valence-electron chi connectivity index (χ1n) is 19.0. The van der Waals surface area contributed by atoms with Gasteiger partial charge in [0.2, 0.25) is 11.8 Å². The van der Waals surface area contributed by atoms with E-state index in [0.717, 1.165) is 75.3 Å². The minimum Gasteiger partial charge on any atom is -0.423 e. The average molecular weight is 702 g/mol. The molecule has 2 N–H and O–H groups in total. The quantitative estimate of drug-likeness (QED) is 0.132. The molecule has 3 aromatic carbocycles. The molecule has 7 rings (SSSR count). The lowest BCUT2D eigenvalue weighted by molar-refractivity contribution is 0.0608. The van der Waals surface area contributed by atoms with Gasteiger partial charge in [0.05, 0.1) is 6.04 Å². The summed E-state index contributed by atoms with van der Waals surface area (Å²) in [5.74, 6) is 3.07. The highest BCUT2D eigenvalue weighted by Crippen LogP contribution is 2.47. The molecule has 3 heterocycles. The molecular weight excluding hydrogens is 647 g/mol. The third-order valence-corrected chi connectivity index (χ3v) is 12.9. The fraction of sp³-hybridized carbons (Fsp3) is 0.432. The highest BCUT2D eigenvalue weighted by molar-refractivity contribution is 7.10. The van der Waals surface area contributed by atoms with Gasteiger partial charge in [-0.1, -0.05) is 118 Å². The second kappa shape index (κ2) is 16.2. The molecule has 1 aliphatic heterocycles. The van der Waals surface area contributed by atoms with Crippen LogP contribution >= 0.6 is 11.3 Å². The minimum atomic E-state index is 0.102. The first-order valence-corrected chi connectivity index (χ1v) is 19.8. The van der Waals surface area contributed by atoms with Crippen LogP contribution in [-0.2, 0) is 24.9 Å². The van der Waals surface area contributed by atoms with Crippen molar-refractivity contribution in [2.75, 3.05) is 43.9 Å². The molecule has 0 amide bonds. The number of rotatable bonds is 13. The SMILES string of the molecule is CN(Cc1ccccc1)c1oc(C(CC2CCC(C(C)(C)c3sccc3N)CC2)N2CCN(Cc3ccccc3)CC2)nc1Cc1ccccc1. The fourth-order valence-electron chi connectivity index (χ4n) is 8.58. The second-order valence-corrected chi connectivity index (χ2v) is 16.4. The van der Waals surface area contributed by atoms with Gasteiger partial charge in [-0.25, -0.2) is 4.98 Å². The summed E-state index contributed by atoms with van der Waals surface area (Å²) < 4.78 is 6.98. The Bertz CT molecular complexity index is 1790. The van der Waals surface area contributed by atoms with Crippen molar-refractivity contribution in [1.82, 2.24) is 14.8 Å². The van der Waals surface area contributed by atoms with Gasteiger partial charge >= 0.3 is 0 Å². The molecule has 2 fully saturated rings. The molecule has 1 aliphatic carbocycles. The zero-order valence-electron chi connectivity index (χ0n) is 30.7. The zero-order valence-corrected chi connectivity index (χ0v) is 31.5. The third kappa shape index (κ3) is 8.60. The van der Waals surface area contributed by atoms with Gasteiger partial charge < -0.3 is 15.1 Å². The van der Waals surface area contributed by atoms with Crippen molar-refractivity contribution in [3.63, 3.8) is 0 Å². The van der Waals surface area contributed by atoms with Gasteiger partial charge in [0.15, 0.2) is 0 Å². The Kier molecular flexibility index (Phi) is 11.3. The van der Waals surface area contributed by atoms with Crippen molar-refractivity contribution in [3.8, 4) is 0 Å². The molecule has 0 radical (unpaired) electrons. The van der Waals surface area contributed by atoms with Crippen LogP contribution in [0.25, 0.3) is 0 Å². The number of hydrogen-bond acceptors (Lipinski definition) is 7. The maximum atomic E-state index is 6.98. The minimum absolute atomic E-state index is 0.102. The van der Waals surface area contributed by atoms with Crippen LogP contribution in [0.2, 0.25) is 0 Å². The largest absolute Gasteiger partial charge is 0.423 e. The monoisotopic (exact) mass is 701 g/mol. The molecule has 51 heavy (non-hydrogen) atoms. The van der Waals surface area contributed by atoms with Gasteiger partial charge in [0.1, 0.15) is 5.69 Å². The van der Waals surface area contributed by atoms with E-state index in [4.69, 9.17) is 15.1 Å². The predicted molar refractivity (Wildman–Crippen MR) is 212 cm³/mol. The van der Waals surface area contributed by atoms with Crippen LogP contribution in [0.4, 0.5) is 11.6 Å². The van der Waals surface area contributed by atoms with Crippen LogP contribution < -0.4 is 10.6 Å². The van der Waals surface area contributed by atoms with E-state index >= 15 is 0 Å². The van der Waals surface area contributed by atoms with E-state index in [9.17, 15) is 0 Å². The molecule has 1 atom stereocenters. The van der Waals surface area contributed by atoms with E-state index in [1.807, 2.05) is 11.3 Å². The number of anilines is 2. The highest BCUT2D eigenvalue weighted by Gasteiger charge is 2.39. The van der Waals surface area contributed by atoms with Gasteiger partial charge in [-0.3, -0.25) is 9.80 Å². The van der Waals surface area contributed by atoms with Gasteiger partial charge in [-0.15, -0.1) is 11.3 Å². The van der Waals surface area contributed by atoms with Crippen LogP contribution in [0, 0.1) is 11.8 Å². The maximum Gasteiger partial charge on any atom is 0.220 e. The zero-order chi connectivity index (χ0) is 35.2. The highest BCUT2D eigenvalue weighted by atomic mass is 32.1. The van der Waals surface area contributed by atoms with Gasteiger partial charge in [0.25, 0.3) is 0 Å². The molecule has 268 valence electrons. The van der Waals surface area contributed by atoms with Crippen molar-refractivity contribution in [2.24, 2.45) is 11.8 Å². The number of nitrogen functional groups attached to an aromatic ring is 1.